The normalized spacial score (nSPS) is 11.5. The van der Waals surface area contributed by atoms with Gasteiger partial charge in [0, 0.05) is 0 Å². The van der Waals surface area contributed by atoms with Crippen molar-refractivity contribution in [3.05, 3.63) is 16.4 Å². The van der Waals surface area contributed by atoms with Crippen molar-refractivity contribution in [2.45, 2.75) is 19.9 Å². The first kappa shape index (κ1) is 14.6. The molecule has 1 aromatic rings. The number of nitrogens with zero attached hydrogens (tertiary/aromatic N) is 3. The second-order valence-electron chi connectivity index (χ2n) is 3.46. The van der Waals surface area contributed by atoms with E-state index in [-0.39, 0.29) is 18.3 Å². The average molecular weight is 270 g/mol. The number of carbonyl (C=O) groups is 1. The number of aromatic nitrogens is 2. The van der Waals surface area contributed by atoms with Crippen LogP contribution >= 0.6 is 0 Å². The molecule has 0 aliphatic heterocycles. The third-order valence-corrected chi connectivity index (χ3v) is 2.16. The molecule has 0 aliphatic carbocycles. The predicted molar refractivity (Wildman–Crippen MR) is 65.0 cm³/mol. The van der Waals surface area contributed by atoms with E-state index >= 15 is 0 Å². The molecule has 1 atom stereocenters. The van der Waals surface area contributed by atoms with Crippen molar-refractivity contribution in [3.8, 4) is 5.88 Å². The number of esters is 1. The molecule has 0 amide bonds. The molecule has 1 heterocycles. The van der Waals surface area contributed by atoms with Gasteiger partial charge in [-0.15, -0.1) is 0 Å². The van der Waals surface area contributed by atoms with E-state index in [1.165, 1.54) is 14.0 Å². The number of rotatable bonds is 6. The van der Waals surface area contributed by atoms with Crippen LogP contribution in [-0.4, -0.2) is 40.6 Å². The van der Waals surface area contributed by atoms with Crippen LogP contribution in [0.1, 0.15) is 13.8 Å². The third-order valence-electron chi connectivity index (χ3n) is 2.16. The van der Waals surface area contributed by atoms with Crippen LogP contribution < -0.4 is 10.1 Å². The molecule has 9 nitrogen and oxygen atoms in total. The van der Waals surface area contributed by atoms with Crippen molar-refractivity contribution in [1.82, 2.24) is 9.97 Å². The Hall–Kier alpha value is -2.45. The maximum Gasteiger partial charge on any atom is 0.372 e. The van der Waals surface area contributed by atoms with Crippen molar-refractivity contribution in [2.75, 3.05) is 19.0 Å². The first-order valence-electron chi connectivity index (χ1n) is 5.47. The van der Waals surface area contributed by atoms with Crippen LogP contribution in [0, 0.1) is 10.1 Å². The summed E-state index contributed by atoms with van der Waals surface area (Å²) in [6.07, 6.45) is 1.10. The highest BCUT2D eigenvalue weighted by Crippen LogP contribution is 2.30. The van der Waals surface area contributed by atoms with Crippen molar-refractivity contribution in [2.24, 2.45) is 0 Å². The fourth-order valence-electron chi connectivity index (χ4n) is 1.31. The summed E-state index contributed by atoms with van der Waals surface area (Å²) in [5.74, 6) is -0.815. The Labute approximate surface area is 109 Å². The van der Waals surface area contributed by atoms with E-state index in [1.807, 2.05) is 0 Å². The zero-order valence-corrected chi connectivity index (χ0v) is 10.7. The summed E-state index contributed by atoms with van der Waals surface area (Å²) in [4.78, 5) is 29.1. The van der Waals surface area contributed by atoms with Gasteiger partial charge in [-0.2, -0.15) is 4.98 Å². The molecule has 0 fully saturated rings. The molecular formula is C10H14N4O5. The third kappa shape index (κ3) is 3.50. The molecule has 0 radical (unpaired) electrons. The lowest BCUT2D eigenvalue weighted by atomic mass is 10.3. The highest BCUT2D eigenvalue weighted by molar-refractivity contribution is 5.79. The van der Waals surface area contributed by atoms with Crippen molar-refractivity contribution >= 4 is 17.5 Å². The Morgan fingerprint density at radius 3 is 2.79 bits per heavy atom. The summed E-state index contributed by atoms with van der Waals surface area (Å²) < 4.78 is 9.57. The highest BCUT2D eigenvalue weighted by atomic mass is 16.6. The summed E-state index contributed by atoms with van der Waals surface area (Å²) in [5, 5.41) is 13.6. The molecule has 0 aromatic carbocycles. The van der Waals surface area contributed by atoms with Gasteiger partial charge in [-0.05, 0) is 13.8 Å². The molecule has 0 bridgehead atoms. The lowest BCUT2D eigenvalue weighted by molar-refractivity contribution is -0.385. The van der Waals surface area contributed by atoms with Crippen LogP contribution in [0.25, 0.3) is 0 Å². The zero-order valence-electron chi connectivity index (χ0n) is 10.7. The number of carbonyl (C=O) groups excluding carboxylic acids is 1. The minimum Gasteiger partial charge on any atom is -0.476 e. The lowest BCUT2D eigenvalue weighted by Gasteiger charge is -2.13. The molecule has 0 spiro atoms. The van der Waals surface area contributed by atoms with Crippen LogP contribution in [0.4, 0.5) is 11.5 Å². The highest BCUT2D eigenvalue weighted by Gasteiger charge is 2.26. The largest absolute Gasteiger partial charge is 0.476 e. The topological polar surface area (TPSA) is 116 Å². The van der Waals surface area contributed by atoms with Gasteiger partial charge >= 0.3 is 11.7 Å². The Morgan fingerprint density at radius 1 is 1.58 bits per heavy atom. The second-order valence-corrected chi connectivity index (χ2v) is 3.46. The first-order valence-corrected chi connectivity index (χ1v) is 5.47. The molecule has 0 aliphatic rings. The number of hydrogen-bond donors (Lipinski definition) is 1. The van der Waals surface area contributed by atoms with Gasteiger partial charge in [-0.3, -0.25) is 10.1 Å². The maximum absolute atomic E-state index is 11.5. The molecule has 19 heavy (non-hydrogen) atoms. The van der Waals surface area contributed by atoms with Crippen molar-refractivity contribution in [1.29, 1.82) is 0 Å². The van der Waals surface area contributed by atoms with E-state index in [0.29, 0.717) is 0 Å². The predicted octanol–water partition coefficient (Wildman–Crippen LogP) is 0.757. The summed E-state index contributed by atoms with van der Waals surface area (Å²) in [6.45, 7) is 3.40. The van der Waals surface area contributed by atoms with Crippen LogP contribution in [0.15, 0.2) is 6.33 Å². The minimum absolute atomic E-state index is 0.0996. The Balaban J connectivity index is 3.01. The van der Waals surface area contributed by atoms with Gasteiger partial charge in [0.15, 0.2) is 0 Å². The van der Waals surface area contributed by atoms with E-state index < -0.39 is 22.6 Å². The monoisotopic (exact) mass is 270 g/mol. The Morgan fingerprint density at radius 2 is 2.26 bits per heavy atom. The van der Waals surface area contributed by atoms with E-state index in [4.69, 9.17) is 9.47 Å². The molecular weight excluding hydrogens is 256 g/mol. The molecule has 1 rings (SSSR count). The van der Waals surface area contributed by atoms with Crippen LogP contribution in [-0.2, 0) is 9.53 Å². The van der Waals surface area contributed by atoms with Gasteiger partial charge in [0.1, 0.15) is 12.4 Å². The van der Waals surface area contributed by atoms with Gasteiger partial charge in [-0.1, -0.05) is 0 Å². The summed E-state index contributed by atoms with van der Waals surface area (Å²) in [7, 11) is 1.26. The number of nitro groups is 1. The van der Waals surface area contributed by atoms with Crippen LogP contribution in [0.5, 0.6) is 5.88 Å². The smallest absolute Gasteiger partial charge is 0.372 e. The molecule has 9 heteroatoms. The fourth-order valence-corrected chi connectivity index (χ4v) is 1.31. The molecule has 1 N–H and O–H groups in total. The van der Waals surface area contributed by atoms with Crippen molar-refractivity contribution in [3.63, 3.8) is 0 Å². The molecule has 0 saturated carbocycles. The Bertz CT molecular complexity index is 479. The minimum atomic E-state index is -0.779. The van der Waals surface area contributed by atoms with E-state index in [1.54, 1.807) is 6.92 Å². The first-order chi connectivity index (χ1) is 9.01. The molecule has 1 aromatic heterocycles. The van der Waals surface area contributed by atoms with Gasteiger partial charge in [0.25, 0.3) is 5.88 Å². The molecule has 104 valence electrons. The van der Waals surface area contributed by atoms with Gasteiger partial charge < -0.3 is 14.8 Å². The SMILES string of the molecule is CCOC(=O)C(C)Nc1ncnc(OC)c1[N+](=O)[O-]. The van der Waals surface area contributed by atoms with E-state index in [9.17, 15) is 14.9 Å². The fraction of sp³-hybridized carbons (Fsp3) is 0.500. The number of methoxy groups -OCH3 is 1. The van der Waals surface area contributed by atoms with Gasteiger partial charge in [0.2, 0.25) is 5.82 Å². The summed E-state index contributed by atoms with van der Waals surface area (Å²) in [5.41, 5.74) is -0.429. The van der Waals surface area contributed by atoms with Gasteiger partial charge in [-0.25, -0.2) is 9.78 Å². The number of nitrogens with one attached hydrogen (secondary N) is 1. The van der Waals surface area contributed by atoms with Crippen LogP contribution in [0.3, 0.4) is 0 Å². The van der Waals surface area contributed by atoms with E-state index in [0.717, 1.165) is 6.33 Å². The van der Waals surface area contributed by atoms with Crippen molar-refractivity contribution < 1.29 is 19.2 Å². The van der Waals surface area contributed by atoms with Gasteiger partial charge in [0.05, 0.1) is 18.6 Å². The number of hydrogen-bond acceptors (Lipinski definition) is 8. The molecule has 1 unspecified atom stereocenters. The molecule has 0 saturated heterocycles. The van der Waals surface area contributed by atoms with Crippen LogP contribution in [0.2, 0.25) is 0 Å². The average Bonchev–Trinajstić information content (AvgIpc) is 2.38. The number of anilines is 1. The maximum atomic E-state index is 11.5. The lowest BCUT2D eigenvalue weighted by Crippen LogP contribution is -2.29. The Kier molecular flexibility index (Phi) is 4.98. The number of ether oxygens (including phenoxy) is 2. The summed E-state index contributed by atoms with van der Waals surface area (Å²) in [6, 6.07) is -0.779. The quantitative estimate of drug-likeness (QED) is 0.457. The zero-order chi connectivity index (χ0) is 14.4. The second kappa shape index (κ2) is 6.47. The van der Waals surface area contributed by atoms with E-state index in [2.05, 4.69) is 15.3 Å². The summed E-state index contributed by atoms with van der Waals surface area (Å²) >= 11 is 0. The standard InChI is InChI=1S/C10H14N4O5/c1-4-19-10(15)6(2)13-8-7(14(16)17)9(18-3)12-5-11-8/h5-6H,4H2,1-3H3,(H,11,12,13).